The molecule has 1 unspecified atom stereocenters. The highest BCUT2D eigenvalue weighted by Gasteiger charge is 2.47. The molecule has 1 heterocycles. The van der Waals surface area contributed by atoms with E-state index in [2.05, 4.69) is 0 Å². The molecule has 1 aliphatic rings. The third kappa shape index (κ3) is 4.68. The van der Waals surface area contributed by atoms with Gasteiger partial charge in [0.25, 0.3) is 11.7 Å². The molecule has 38 heavy (non-hydrogen) atoms. The van der Waals surface area contributed by atoms with Gasteiger partial charge in [-0.15, -0.1) is 0 Å². The second-order valence-electron chi connectivity index (χ2n) is 8.99. The summed E-state index contributed by atoms with van der Waals surface area (Å²) in [6.45, 7) is 6.12. The molecule has 1 amide bonds. The van der Waals surface area contributed by atoms with E-state index in [1.165, 1.54) is 24.3 Å². The number of rotatable bonds is 7. The maximum Gasteiger partial charge on any atom is 0.311 e. The Kier molecular flexibility index (Phi) is 7.16. The summed E-state index contributed by atoms with van der Waals surface area (Å²) in [5.41, 5.74) is 0.0735. The van der Waals surface area contributed by atoms with E-state index < -0.39 is 45.7 Å². The van der Waals surface area contributed by atoms with Crippen molar-refractivity contribution in [1.29, 1.82) is 0 Å². The van der Waals surface area contributed by atoms with Crippen LogP contribution in [0.5, 0.6) is 11.5 Å². The largest absolute Gasteiger partial charge is 0.507 e. The van der Waals surface area contributed by atoms with Crippen molar-refractivity contribution in [2.75, 3.05) is 11.5 Å². The van der Waals surface area contributed by atoms with Gasteiger partial charge < -0.3 is 14.9 Å². The van der Waals surface area contributed by atoms with Crippen molar-refractivity contribution in [3.63, 3.8) is 0 Å². The number of carbonyl (C=O) groups is 2. The number of halogens is 1. The fourth-order valence-electron chi connectivity index (χ4n) is 4.49. The molecule has 0 aromatic heterocycles. The van der Waals surface area contributed by atoms with Crippen LogP contribution in [0.15, 0.2) is 66.2 Å². The number of phenols is 1. The number of amides is 1. The van der Waals surface area contributed by atoms with Crippen LogP contribution in [0.3, 0.4) is 0 Å². The zero-order chi connectivity index (χ0) is 27.7. The molecular weight excluding hydrogens is 495 g/mol. The molecular formula is C28H25FN2O7. The first-order valence-electron chi connectivity index (χ1n) is 11.9. The molecule has 0 spiro atoms. The smallest absolute Gasteiger partial charge is 0.311 e. The molecule has 196 valence electrons. The number of aliphatic hydroxyl groups excluding tert-OH is 1. The highest BCUT2D eigenvalue weighted by molar-refractivity contribution is 6.51. The number of aliphatic hydroxyl groups is 1. The van der Waals surface area contributed by atoms with Crippen molar-refractivity contribution in [3.8, 4) is 11.5 Å². The Morgan fingerprint density at radius 1 is 1.13 bits per heavy atom. The van der Waals surface area contributed by atoms with Crippen LogP contribution < -0.4 is 9.64 Å². The van der Waals surface area contributed by atoms with Gasteiger partial charge >= 0.3 is 5.69 Å². The molecule has 0 radical (unpaired) electrons. The Hall–Kier alpha value is -4.73. The van der Waals surface area contributed by atoms with E-state index in [-0.39, 0.29) is 28.3 Å². The number of anilines is 1. The fraction of sp³-hybridized carbons (Fsp3) is 0.214. The number of nitrogens with zero attached hydrogens (tertiary/aromatic N) is 2. The first-order chi connectivity index (χ1) is 18.0. The summed E-state index contributed by atoms with van der Waals surface area (Å²) in [4.78, 5) is 38.3. The molecule has 0 saturated carbocycles. The van der Waals surface area contributed by atoms with E-state index in [0.717, 1.165) is 34.7 Å². The molecule has 3 aromatic rings. The Labute approximate surface area is 217 Å². The zero-order valence-corrected chi connectivity index (χ0v) is 20.8. The summed E-state index contributed by atoms with van der Waals surface area (Å²) in [5.74, 6) is -3.30. The molecule has 1 aliphatic heterocycles. The lowest BCUT2D eigenvalue weighted by Gasteiger charge is -2.25. The summed E-state index contributed by atoms with van der Waals surface area (Å²) in [6, 6.07) is 11.8. The molecule has 1 atom stereocenters. The van der Waals surface area contributed by atoms with Crippen molar-refractivity contribution in [2.24, 2.45) is 0 Å². The number of nitro groups is 1. The van der Waals surface area contributed by atoms with Gasteiger partial charge in [-0.05, 0) is 66.4 Å². The maximum atomic E-state index is 14.1. The van der Waals surface area contributed by atoms with Crippen LogP contribution >= 0.6 is 0 Å². The molecule has 10 heteroatoms. The van der Waals surface area contributed by atoms with Crippen molar-refractivity contribution < 1.29 is 33.9 Å². The standard InChI is InChI=1S/C28H25FN2O7/c1-4-38-23-11-9-17(12-20(23)15(2)3)26(33)24-25(16-8-10-22(32)21(13-16)31(36)37)30(28(35)27(24)34)19-7-5-6-18(29)14-19/h5-15,25,32-33H,4H2,1-3H3/b26-24-. The predicted octanol–water partition coefficient (Wildman–Crippen LogP) is 5.59. The van der Waals surface area contributed by atoms with Gasteiger partial charge in [0.15, 0.2) is 5.75 Å². The second-order valence-corrected chi connectivity index (χ2v) is 8.99. The highest BCUT2D eigenvalue weighted by Crippen LogP contribution is 2.44. The average Bonchev–Trinajstić information content (AvgIpc) is 3.14. The second kappa shape index (κ2) is 10.3. The van der Waals surface area contributed by atoms with Gasteiger partial charge in [0, 0.05) is 17.3 Å². The third-order valence-corrected chi connectivity index (χ3v) is 6.25. The van der Waals surface area contributed by atoms with Crippen molar-refractivity contribution >= 4 is 28.8 Å². The quantitative estimate of drug-likeness (QED) is 0.137. The van der Waals surface area contributed by atoms with E-state index in [1.54, 1.807) is 12.1 Å². The van der Waals surface area contributed by atoms with Crippen LogP contribution in [0, 0.1) is 15.9 Å². The van der Waals surface area contributed by atoms with Crippen molar-refractivity contribution in [3.05, 3.63) is 98.9 Å². The molecule has 2 N–H and O–H groups in total. The summed E-state index contributed by atoms with van der Waals surface area (Å²) < 4.78 is 19.8. The van der Waals surface area contributed by atoms with Crippen LogP contribution in [0.2, 0.25) is 0 Å². The summed E-state index contributed by atoms with van der Waals surface area (Å²) in [5, 5.41) is 32.9. The third-order valence-electron chi connectivity index (χ3n) is 6.25. The number of phenolic OH excluding ortho intramolecular Hbond substituents is 1. The topological polar surface area (TPSA) is 130 Å². The van der Waals surface area contributed by atoms with E-state index in [1.807, 2.05) is 20.8 Å². The zero-order valence-electron chi connectivity index (χ0n) is 20.8. The van der Waals surface area contributed by atoms with Crippen LogP contribution in [0.1, 0.15) is 49.4 Å². The number of ether oxygens (including phenoxy) is 1. The first kappa shape index (κ1) is 26.3. The van der Waals surface area contributed by atoms with E-state index in [4.69, 9.17) is 4.74 Å². The average molecular weight is 521 g/mol. The molecule has 1 fully saturated rings. The van der Waals surface area contributed by atoms with E-state index in [9.17, 15) is 34.3 Å². The SMILES string of the molecule is CCOc1ccc(/C(O)=C2/C(=O)C(=O)N(c3cccc(F)c3)C2c2ccc(O)c([N+](=O)[O-])c2)cc1C(C)C. The molecule has 4 rings (SSSR count). The molecule has 0 aliphatic carbocycles. The molecule has 9 nitrogen and oxygen atoms in total. The summed E-state index contributed by atoms with van der Waals surface area (Å²) in [7, 11) is 0. The minimum Gasteiger partial charge on any atom is -0.507 e. The lowest BCUT2D eigenvalue weighted by molar-refractivity contribution is -0.385. The number of Topliss-reactive ketones (excluding diaryl/α,β-unsaturated/α-hetero) is 1. The number of hydrogen-bond acceptors (Lipinski definition) is 7. The Morgan fingerprint density at radius 3 is 2.50 bits per heavy atom. The number of carbonyl (C=O) groups excluding carboxylic acids is 2. The molecule has 0 bridgehead atoms. The molecule has 3 aromatic carbocycles. The van der Waals surface area contributed by atoms with E-state index in [0.29, 0.717) is 12.4 Å². The normalized spacial score (nSPS) is 16.8. The number of aromatic hydroxyl groups is 1. The number of hydrogen-bond donors (Lipinski definition) is 2. The number of ketones is 1. The minimum atomic E-state index is -1.34. The van der Waals surface area contributed by atoms with Gasteiger partial charge in [0.2, 0.25) is 0 Å². The maximum absolute atomic E-state index is 14.1. The number of benzene rings is 3. The molecule has 1 saturated heterocycles. The highest BCUT2D eigenvalue weighted by atomic mass is 19.1. The van der Waals surface area contributed by atoms with Crippen LogP contribution in [-0.4, -0.2) is 33.4 Å². The Bertz CT molecular complexity index is 1480. The van der Waals surface area contributed by atoms with Gasteiger partial charge in [-0.2, -0.15) is 0 Å². The monoisotopic (exact) mass is 520 g/mol. The van der Waals surface area contributed by atoms with Crippen LogP contribution in [-0.2, 0) is 9.59 Å². The lowest BCUT2D eigenvalue weighted by Crippen LogP contribution is -2.29. The van der Waals surface area contributed by atoms with Crippen molar-refractivity contribution in [2.45, 2.75) is 32.7 Å². The number of nitro benzene ring substituents is 1. The Morgan fingerprint density at radius 2 is 1.87 bits per heavy atom. The fourth-order valence-corrected chi connectivity index (χ4v) is 4.49. The minimum absolute atomic E-state index is 0.00505. The lowest BCUT2D eigenvalue weighted by atomic mass is 9.92. The Balaban J connectivity index is 1.98. The van der Waals surface area contributed by atoms with E-state index >= 15 is 0 Å². The van der Waals surface area contributed by atoms with Gasteiger partial charge in [-0.25, -0.2) is 4.39 Å². The first-order valence-corrected chi connectivity index (χ1v) is 11.9. The van der Waals surface area contributed by atoms with Crippen LogP contribution in [0.4, 0.5) is 15.8 Å². The van der Waals surface area contributed by atoms with Gasteiger partial charge in [-0.1, -0.05) is 26.0 Å². The van der Waals surface area contributed by atoms with Gasteiger partial charge in [0.1, 0.15) is 17.3 Å². The van der Waals surface area contributed by atoms with Gasteiger partial charge in [-0.3, -0.25) is 24.6 Å². The van der Waals surface area contributed by atoms with Crippen molar-refractivity contribution in [1.82, 2.24) is 0 Å². The van der Waals surface area contributed by atoms with Crippen LogP contribution in [0.25, 0.3) is 5.76 Å². The summed E-state index contributed by atoms with van der Waals surface area (Å²) in [6.07, 6.45) is 0. The predicted molar refractivity (Wildman–Crippen MR) is 138 cm³/mol. The van der Waals surface area contributed by atoms with Gasteiger partial charge in [0.05, 0.1) is 23.1 Å². The summed E-state index contributed by atoms with van der Waals surface area (Å²) >= 11 is 0.